The molecule has 2 saturated heterocycles. The molecule has 2 aromatic rings. The van der Waals surface area contributed by atoms with E-state index >= 15 is 0 Å². The van der Waals surface area contributed by atoms with Crippen LogP contribution in [-0.2, 0) is 16.0 Å². The minimum Gasteiger partial charge on any atom is -0.318 e. The van der Waals surface area contributed by atoms with Gasteiger partial charge in [0.2, 0.25) is 0 Å². The molecule has 5 nitrogen and oxygen atoms in total. The number of sulfone groups is 1. The van der Waals surface area contributed by atoms with Gasteiger partial charge < -0.3 is 10.2 Å². The molecule has 1 N–H and O–H groups in total. The van der Waals surface area contributed by atoms with E-state index in [2.05, 4.69) is 5.32 Å². The Labute approximate surface area is 172 Å². The van der Waals surface area contributed by atoms with Crippen molar-refractivity contribution in [3.8, 4) is 0 Å². The van der Waals surface area contributed by atoms with Crippen LogP contribution in [0.3, 0.4) is 0 Å². The summed E-state index contributed by atoms with van der Waals surface area (Å²) >= 11 is 0. The van der Waals surface area contributed by atoms with Crippen LogP contribution >= 0.6 is 0 Å². The minimum atomic E-state index is -4.44. The molecule has 2 bridgehead atoms. The van der Waals surface area contributed by atoms with Gasteiger partial charge in [-0.3, -0.25) is 0 Å². The SMILES string of the molecule is O=C(Nc1ccc(C(F)(F)F)cc1)N1[C@@H]2CC[C@H]1CC(S(=O)(=O)c1ccccc1)C2. The van der Waals surface area contributed by atoms with Crippen molar-refractivity contribution in [2.45, 2.75) is 54.1 Å². The number of rotatable bonds is 3. The predicted octanol–water partition coefficient (Wildman–Crippen LogP) is 4.71. The first-order valence-corrected chi connectivity index (χ1v) is 11.3. The average molecular weight is 438 g/mol. The number of halogens is 3. The predicted molar refractivity (Wildman–Crippen MR) is 106 cm³/mol. The van der Waals surface area contributed by atoms with Gasteiger partial charge in [0.15, 0.2) is 9.84 Å². The zero-order chi connectivity index (χ0) is 21.5. The minimum absolute atomic E-state index is 0.207. The molecular formula is C21H21F3N2O3S. The second-order valence-corrected chi connectivity index (χ2v) is 9.98. The van der Waals surface area contributed by atoms with Crippen LogP contribution in [0.4, 0.5) is 23.7 Å². The van der Waals surface area contributed by atoms with E-state index in [0.717, 1.165) is 12.1 Å². The van der Waals surface area contributed by atoms with E-state index in [1.54, 1.807) is 35.2 Å². The number of hydrogen-bond donors (Lipinski definition) is 1. The molecule has 0 spiro atoms. The molecule has 2 aromatic carbocycles. The number of hydrogen-bond acceptors (Lipinski definition) is 3. The van der Waals surface area contributed by atoms with Crippen LogP contribution in [0.15, 0.2) is 59.5 Å². The number of nitrogens with zero attached hydrogens (tertiary/aromatic N) is 1. The fraction of sp³-hybridized carbons (Fsp3) is 0.381. The first-order valence-electron chi connectivity index (χ1n) is 9.72. The second kappa shape index (κ2) is 7.61. The summed E-state index contributed by atoms with van der Waals surface area (Å²) in [5.41, 5.74) is -0.515. The normalized spacial score (nSPS) is 24.0. The van der Waals surface area contributed by atoms with Gasteiger partial charge in [-0.15, -0.1) is 0 Å². The summed E-state index contributed by atoms with van der Waals surface area (Å²) in [4.78, 5) is 14.7. The van der Waals surface area contributed by atoms with Crippen molar-refractivity contribution in [3.63, 3.8) is 0 Å². The van der Waals surface area contributed by atoms with E-state index in [0.29, 0.717) is 25.7 Å². The highest BCUT2D eigenvalue weighted by molar-refractivity contribution is 7.92. The molecule has 1 unspecified atom stereocenters. The summed E-state index contributed by atoms with van der Waals surface area (Å²) in [6.45, 7) is 0. The number of benzene rings is 2. The van der Waals surface area contributed by atoms with Crippen molar-refractivity contribution in [2.24, 2.45) is 0 Å². The van der Waals surface area contributed by atoms with Gasteiger partial charge in [0, 0.05) is 17.8 Å². The fourth-order valence-corrected chi connectivity index (χ4v) is 6.32. The topological polar surface area (TPSA) is 66.5 Å². The van der Waals surface area contributed by atoms with Crippen molar-refractivity contribution in [2.75, 3.05) is 5.32 Å². The van der Waals surface area contributed by atoms with Crippen molar-refractivity contribution in [1.82, 2.24) is 4.90 Å². The quantitative estimate of drug-likeness (QED) is 0.755. The van der Waals surface area contributed by atoms with Crippen LogP contribution in [0.1, 0.15) is 31.2 Å². The van der Waals surface area contributed by atoms with Gasteiger partial charge in [0.05, 0.1) is 15.7 Å². The number of anilines is 1. The Morgan fingerprint density at radius 1 is 0.933 bits per heavy atom. The molecular weight excluding hydrogens is 417 g/mol. The molecule has 0 saturated carbocycles. The third kappa shape index (κ3) is 3.90. The van der Waals surface area contributed by atoms with E-state index in [1.165, 1.54) is 12.1 Å². The van der Waals surface area contributed by atoms with Gasteiger partial charge in [-0.25, -0.2) is 13.2 Å². The second-order valence-electron chi connectivity index (χ2n) is 7.75. The van der Waals surface area contributed by atoms with Crippen molar-refractivity contribution in [3.05, 3.63) is 60.2 Å². The number of piperidine rings is 1. The van der Waals surface area contributed by atoms with Crippen molar-refractivity contribution in [1.29, 1.82) is 0 Å². The van der Waals surface area contributed by atoms with Crippen LogP contribution in [0.5, 0.6) is 0 Å². The number of carbonyl (C=O) groups is 1. The molecule has 9 heteroatoms. The van der Waals surface area contributed by atoms with Gasteiger partial charge in [0.1, 0.15) is 0 Å². The Kier molecular flexibility index (Phi) is 5.25. The molecule has 0 radical (unpaired) electrons. The van der Waals surface area contributed by atoms with Crippen LogP contribution in [0.25, 0.3) is 0 Å². The summed E-state index contributed by atoms with van der Waals surface area (Å²) in [6, 6.07) is 11.8. The number of carbonyl (C=O) groups excluding carboxylic acids is 1. The fourth-order valence-electron chi connectivity index (χ4n) is 4.45. The maximum atomic E-state index is 13.0. The summed E-state index contributed by atoms with van der Waals surface area (Å²) < 4.78 is 64.0. The summed E-state index contributed by atoms with van der Waals surface area (Å²) in [5.74, 6) is 0. The lowest BCUT2D eigenvalue weighted by Crippen LogP contribution is -2.51. The summed E-state index contributed by atoms with van der Waals surface area (Å²) in [7, 11) is -3.48. The lowest BCUT2D eigenvalue weighted by molar-refractivity contribution is -0.137. The molecule has 160 valence electrons. The van der Waals surface area contributed by atoms with Crippen LogP contribution < -0.4 is 5.32 Å². The maximum Gasteiger partial charge on any atom is 0.416 e. The Balaban J connectivity index is 1.46. The molecule has 2 aliphatic rings. The first-order chi connectivity index (χ1) is 14.2. The number of fused-ring (bicyclic) bond motifs is 2. The highest BCUT2D eigenvalue weighted by Crippen LogP contribution is 2.40. The Bertz CT molecular complexity index is 1010. The smallest absolute Gasteiger partial charge is 0.318 e. The number of nitrogens with one attached hydrogen (secondary N) is 1. The third-order valence-electron chi connectivity index (χ3n) is 5.90. The van der Waals surface area contributed by atoms with Crippen molar-refractivity contribution >= 4 is 21.6 Å². The highest BCUT2D eigenvalue weighted by Gasteiger charge is 2.47. The standard InChI is InChI=1S/C21H21F3N2O3S/c22-21(23,24)14-6-8-15(9-7-14)25-20(27)26-16-10-11-17(26)13-19(12-16)30(28,29)18-4-2-1-3-5-18/h1-9,16-17,19H,10-13H2,(H,25,27)/t16-,17+,19?. The van der Waals surface area contributed by atoms with E-state index in [9.17, 15) is 26.4 Å². The molecule has 4 rings (SSSR count). The Morgan fingerprint density at radius 2 is 1.50 bits per heavy atom. The van der Waals surface area contributed by atoms with Gasteiger partial charge in [-0.1, -0.05) is 18.2 Å². The molecule has 0 aliphatic carbocycles. The molecule has 0 aromatic heterocycles. The Hall–Kier alpha value is -2.55. The lowest BCUT2D eigenvalue weighted by atomic mass is 10.0. The lowest BCUT2D eigenvalue weighted by Gasteiger charge is -2.38. The maximum absolute atomic E-state index is 13.0. The van der Waals surface area contributed by atoms with Crippen LogP contribution in [-0.4, -0.2) is 36.7 Å². The van der Waals surface area contributed by atoms with E-state index in [4.69, 9.17) is 0 Å². The molecule has 2 amide bonds. The average Bonchev–Trinajstić information content (AvgIpc) is 2.98. The van der Waals surface area contributed by atoms with E-state index in [-0.39, 0.29) is 22.7 Å². The number of urea groups is 1. The van der Waals surface area contributed by atoms with Gasteiger partial charge in [0.25, 0.3) is 0 Å². The van der Waals surface area contributed by atoms with Crippen LogP contribution in [0.2, 0.25) is 0 Å². The van der Waals surface area contributed by atoms with E-state index in [1.807, 2.05) is 0 Å². The van der Waals surface area contributed by atoms with Gasteiger partial charge in [-0.05, 0) is 62.1 Å². The monoisotopic (exact) mass is 438 g/mol. The molecule has 30 heavy (non-hydrogen) atoms. The zero-order valence-corrected chi connectivity index (χ0v) is 16.8. The number of amides is 2. The van der Waals surface area contributed by atoms with E-state index < -0.39 is 32.9 Å². The zero-order valence-electron chi connectivity index (χ0n) is 16.0. The highest BCUT2D eigenvalue weighted by atomic mass is 32.2. The number of alkyl halides is 3. The molecule has 2 aliphatic heterocycles. The van der Waals surface area contributed by atoms with Gasteiger partial charge >= 0.3 is 12.2 Å². The first kappa shape index (κ1) is 20.7. The summed E-state index contributed by atoms with van der Waals surface area (Å²) in [6.07, 6.45) is -2.30. The van der Waals surface area contributed by atoms with Gasteiger partial charge in [-0.2, -0.15) is 13.2 Å². The Morgan fingerprint density at radius 3 is 2.03 bits per heavy atom. The van der Waals surface area contributed by atoms with Crippen molar-refractivity contribution < 1.29 is 26.4 Å². The third-order valence-corrected chi connectivity index (χ3v) is 8.09. The largest absolute Gasteiger partial charge is 0.416 e. The molecule has 2 heterocycles. The summed E-state index contributed by atoms with van der Waals surface area (Å²) in [5, 5.41) is 2.10. The molecule has 3 atom stereocenters. The molecule has 2 fully saturated rings. The van der Waals surface area contributed by atoms with Crippen LogP contribution in [0, 0.1) is 0 Å².